The van der Waals surface area contributed by atoms with Crippen molar-refractivity contribution in [3.63, 3.8) is 0 Å². The van der Waals surface area contributed by atoms with E-state index in [-0.39, 0.29) is 6.04 Å². The van der Waals surface area contributed by atoms with Crippen LogP contribution in [0.2, 0.25) is 0 Å². The average Bonchev–Trinajstić information content (AvgIpc) is 3.20. The summed E-state index contributed by atoms with van der Waals surface area (Å²) >= 11 is 1.78. The van der Waals surface area contributed by atoms with Crippen molar-refractivity contribution in [2.24, 2.45) is 5.73 Å². The molecule has 1 aliphatic heterocycles. The van der Waals surface area contributed by atoms with Crippen LogP contribution in [-0.4, -0.2) is 49.2 Å². The van der Waals surface area contributed by atoms with Gasteiger partial charge in [0, 0.05) is 6.04 Å². The number of aromatic nitrogens is 1. The Kier molecular flexibility index (Phi) is 7.33. The SMILES string of the molecule is CN1CCC(NC(c2cccc(OCCCCN)c2)c2nc3ccccc3s2)CC1. The maximum Gasteiger partial charge on any atom is 0.119 e. The van der Waals surface area contributed by atoms with E-state index >= 15 is 0 Å². The van der Waals surface area contributed by atoms with E-state index in [1.54, 1.807) is 11.3 Å². The van der Waals surface area contributed by atoms with Gasteiger partial charge in [-0.3, -0.25) is 0 Å². The van der Waals surface area contributed by atoms with Gasteiger partial charge in [0.25, 0.3) is 0 Å². The van der Waals surface area contributed by atoms with Gasteiger partial charge in [-0.1, -0.05) is 24.3 Å². The second kappa shape index (κ2) is 10.4. The summed E-state index contributed by atoms with van der Waals surface area (Å²) < 4.78 is 7.22. The highest BCUT2D eigenvalue weighted by atomic mass is 32.1. The molecule has 3 N–H and O–H groups in total. The van der Waals surface area contributed by atoms with Crippen LogP contribution in [0.25, 0.3) is 10.2 Å². The fraction of sp³-hybridized carbons (Fsp3) is 0.458. The molecule has 1 fully saturated rings. The number of nitrogens with two attached hydrogens (primary N) is 1. The Hall–Kier alpha value is -1.99. The third kappa shape index (κ3) is 5.38. The molecule has 1 aromatic heterocycles. The quantitative estimate of drug-likeness (QED) is 0.505. The number of thiazole rings is 1. The molecule has 4 rings (SSSR count). The van der Waals surface area contributed by atoms with Gasteiger partial charge in [-0.05, 0) is 82.2 Å². The number of benzene rings is 2. The number of fused-ring (bicyclic) bond motifs is 1. The molecule has 30 heavy (non-hydrogen) atoms. The standard InChI is InChI=1S/C24H32N4OS/c1-28-14-11-19(12-15-28)26-23(24-27-21-9-2-3-10-22(21)30-24)18-7-6-8-20(17-18)29-16-5-4-13-25/h2-3,6-10,17,19,23,26H,4-5,11-16,25H2,1H3. The molecule has 0 saturated carbocycles. The number of piperidine rings is 1. The number of hydrogen-bond donors (Lipinski definition) is 2. The van der Waals surface area contributed by atoms with E-state index in [1.807, 2.05) is 6.07 Å². The lowest BCUT2D eigenvalue weighted by Gasteiger charge is -2.32. The highest BCUT2D eigenvalue weighted by Gasteiger charge is 2.25. The minimum atomic E-state index is 0.0726. The first-order valence-electron chi connectivity index (χ1n) is 11.0. The molecule has 0 radical (unpaired) electrons. The van der Waals surface area contributed by atoms with Crippen LogP contribution in [0.15, 0.2) is 48.5 Å². The lowest BCUT2D eigenvalue weighted by Crippen LogP contribution is -2.42. The topological polar surface area (TPSA) is 63.4 Å². The van der Waals surface area contributed by atoms with Crippen molar-refractivity contribution in [3.05, 3.63) is 59.1 Å². The molecule has 5 nitrogen and oxygen atoms in total. The highest BCUT2D eigenvalue weighted by molar-refractivity contribution is 7.18. The molecular formula is C24H32N4OS. The molecular weight excluding hydrogens is 392 g/mol. The van der Waals surface area contributed by atoms with Crippen LogP contribution in [0, 0.1) is 0 Å². The van der Waals surface area contributed by atoms with Gasteiger partial charge in [-0.25, -0.2) is 4.98 Å². The van der Waals surface area contributed by atoms with Crippen LogP contribution in [-0.2, 0) is 0 Å². The fourth-order valence-electron chi connectivity index (χ4n) is 3.95. The molecule has 0 spiro atoms. The van der Waals surface area contributed by atoms with Crippen LogP contribution in [0.4, 0.5) is 0 Å². The third-order valence-corrected chi connectivity index (χ3v) is 6.84. The van der Waals surface area contributed by atoms with E-state index in [4.69, 9.17) is 15.5 Å². The van der Waals surface area contributed by atoms with Gasteiger partial charge in [0.1, 0.15) is 10.8 Å². The zero-order chi connectivity index (χ0) is 20.8. The predicted molar refractivity (Wildman–Crippen MR) is 125 cm³/mol. The number of hydrogen-bond acceptors (Lipinski definition) is 6. The molecule has 2 aromatic carbocycles. The van der Waals surface area contributed by atoms with E-state index in [0.717, 1.165) is 55.0 Å². The molecule has 160 valence electrons. The van der Waals surface area contributed by atoms with E-state index < -0.39 is 0 Å². The maximum absolute atomic E-state index is 5.99. The Morgan fingerprint density at radius 3 is 2.80 bits per heavy atom. The minimum absolute atomic E-state index is 0.0726. The Labute approximate surface area is 183 Å². The monoisotopic (exact) mass is 424 g/mol. The summed E-state index contributed by atoms with van der Waals surface area (Å²) in [6.07, 6.45) is 4.29. The van der Waals surface area contributed by atoms with Crippen molar-refractivity contribution in [1.29, 1.82) is 0 Å². The number of likely N-dealkylation sites (tertiary alicyclic amines) is 1. The Balaban J connectivity index is 1.58. The predicted octanol–water partition coefficient (Wildman–Crippen LogP) is 4.19. The number of rotatable bonds is 9. The largest absolute Gasteiger partial charge is 0.494 e. The van der Waals surface area contributed by atoms with Crippen molar-refractivity contribution in [2.45, 2.75) is 37.8 Å². The van der Waals surface area contributed by atoms with Crippen LogP contribution in [0.3, 0.4) is 0 Å². The van der Waals surface area contributed by atoms with Gasteiger partial charge < -0.3 is 20.7 Å². The Bertz CT molecular complexity index is 903. The molecule has 1 aliphatic rings. The van der Waals surface area contributed by atoms with Gasteiger partial charge in [0.05, 0.1) is 22.9 Å². The summed E-state index contributed by atoms with van der Waals surface area (Å²) in [5.41, 5.74) is 7.88. The van der Waals surface area contributed by atoms with Crippen molar-refractivity contribution in [2.75, 3.05) is 33.3 Å². The summed E-state index contributed by atoms with van der Waals surface area (Å²) in [5.74, 6) is 0.917. The zero-order valence-corrected chi connectivity index (χ0v) is 18.5. The highest BCUT2D eigenvalue weighted by Crippen LogP contribution is 2.32. The molecule has 0 aliphatic carbocycles. The van der Waals surface area contributed by atoms with E-state index in [1.165, 1.54) is 10.3 Å². The van der Waals surface area contributed by atoms with Gasteiger partial charge >= 0.3 is 0 Å². The number of unbranched alkanes of at least 4 members (excludes halogenated alkanes) is 1. The lowest BCUT2D eigenvalue weighted by molar-refractivity contribution is 0.229. The first-order valence-corrected chi connectivity index (χ1v) is 11.8. The van der Waals surface area contributed by atoms with Crippen LogP contribution < -0.4 is 15.8 Å². The van der Waals surface area contributed by atoms with Crippen molar-refractivity contribution in [3.8, 4) is 5.75 Å². The summed E-state index contributed by atoms with van der Waals surface area (Å²) in [6.45, 7) is 3.68. The minimum Gasteiger partial charge on any atom is -0.494 e. The third-order valence-electron chi connectivity index (χ3n) is 5.74. The average molecular weight is 425 g/mol. The van der Waals surface area contributed by atoms with Crippen LogP contribution in [0.5, 0.6) is 5.75 Å². The number of ether oxygens (including phenoxy) is 1. The summed E-state index contributed by atoms with van der Waals surface area (Å²) in [5, 5.41) is 5.04. The van der Waals surface area contributed by atoms with Gasteiger partial charge in [0.15, 0.2) is 0 Å². The summed E-state index contributed by atoms with van der Waals surface area (Å²) in [4.78, 5) is 7.38. The smallest absolute Gasteiger partial charge is 0.119 e. The van der Waals surface area contributed by atoms with Crippen molar-refractivity contribution < 1.29 is 4.74 Å². The van der Waals surface area contributed by atoms with E-state index in [9.17, 15) is 0 Å². The Morgan fingerprint density at radius 1 is 1.17 bits per heavy atom. The molecule has 1 saturated heterocycles. The second-order valence-electron chi connectivity index (χ2n) is 8.11. The molecule has 0 amide bonds. The van der Waals surface area contributed by atoms with E-state index in [0.29, 0.717) is 19.2 Å². The molecule has 1 atom stereocenters. The van der Waals surface area contributed by atoms with Gasteiger partial charge in [-0.2, -0.15) is 0 Å². The lowest BCUT2D eigenvalue weighted by atomic mass is 10.0. The number of para-hydroxylation sites is 1. The fourth-order valence-corrected chi connectivity index (χ4v) is 5.01. The maximum atomic E-state index is 5.99. The Morgan fingerprint density at radius 2 is 2.00 bits per heavy atom. The van der Waals surface area contributed by atoms with Crippen LogP contribution >= 0.6 is 11.3 Å². The van der Waals surface area contributed by atoms with Crippen molar-refractivity contribution in [1.82, 2.24) is 15.2 Å². The second-order valence-corrected chi connectivity index (χ2v) is 9.18. The molecule has 6 heteroatoms. The molecule has 0 bridgehead atoms. The van der Waals surface area contributed by atoms with Crippen LogP contribution in [0.1, 0.15) is 42.3 Å². The first-order chi connectivity index (χ1) is 14.7. The van der Waals surface area contributed by atoms with Gasteiger partial charge in [0.2, 0.25) is 0 Å². The normalized spacial score (nSPS) is 16.7. The molecule has 1 unspecified atom stereocenters. The van der Waals surface area contributed by atoms with E-state index in [2.05, 4.69) is 59.7 Å². The summed E-state index contributed by atoms with van der Waals surface area (Å²) in [7, 11) is 2.20. The zero-order valence-electron chi connectivity index (χ0n) is 17.7. The first kappa shape index (κ1) is 21.2. The van der Waals surface area contributed by atoms with Crippen molar-refractivity contribution >= 4 is 21.6 Å². The number of nitrogens with one attached hydrogen (secondary N) is 1. The number of nitrogens with zero attached hydrogens (tertiary/aromatic N) is 2. The summed E-state index contributed by atoms with van der Waals surface area (Å²) in [6, 6.07) is 17.4. The molecule has 2 heterocycles. The molecule has 3 aromatic rings. The van der Waals surface area contributed by atoms with Gasteiger partial charge in [-0.15, -0.1) is 11.3 Å².